The van der Waals surface area contributed by atoms with Gasteiger partial charge in [0.15, 0.2) is 0 Å². The third-order valence-electron chi connectivity index (χ3n) is 2.53. The van der Waals surface area contributed by atoms with Crippen molar-refractivity contribution >= 4 is 43.5 Å². The lowest BCUT2D eigenvalue weighted by Gasteiger charge is -2.12. The summed E-state index contributed by atoms with van der Waals surface area (Å²) in [5.41, 5.74) is 0.929. The van der Waals surface area contributed by atoms with Crippen molar-refractivity contribution in [3.8, 4) is 17.2 Å². The molecule has 0 bridgehead atoms. The molecule has 100 valence electrons. The molecule has 0 aliphatic carbocycles. The Labute approximate surface area is 133 Å². The van der Waals surface area contributed by atoms with Crippen molar-refractivity contribution in [2.24, 2.45) is 0 Å². The van der Waals surface area contributed by atoms with Crippen LogP contribution in [0.25, 0.3) is 0 Å². The van der Waals surface area contributed by atoms with Gasteiger partial charge in [-0.3, -0.25) is 0 Å². The first-order valence-electron chi connectivity index (χ1n) is 5.50. The summed E-state index contributed by atoms with van der Waals surface area (Å²) in [7, 11) is 1.63. The van der Waals surface area contributed by atoms with Gasteiger partial charge in [0.25, 0.3) is 0 Å². The lowest BCUT2D eigenvalue weighted by atomic mass is 10.2. The molecule has 0 N–H and O–H groups in total. The fourth-order valence-electron chi connectivity index (χ4n) is 1.56. The molecule has 0 atom stereocenters. The molecular weight excluding hydrogens is 395 g/mol. The molecule has 0 spiro atoms. The summed E-state index contributed by atoms with van der Waals surface area (Å²) < 4.78 is 12.8. The number of halogens is 3. The van der Waals surface area contributed by atoms with Crippen molar-refractivity contribution in [1.82, 2.24) is 0 Å². The molecule has 0 saturated heterocycles. The number of rotatable bonds is 4. The molecule has 5 heteroatoms. The van der Waals surface area contributed by atoms with Gasteiger partial charge < -0.3 is 9.47 Å². The Kier molecular flexibility index (Phi) is 5.13. The maximum atomic E-state index is 5.93. The van der Waals surface area contributed by atoms with Crippen molar-refractivity contribution in [3.05, 3.63) is 50.9 Å². The van der Waals surface area contributed by atoms with E-state index < -0.39 is 0 Å². The molecule has 2 aromatic rings. The molecule has 0 aliphatic heterocycles. The highest BCUT2D eigenvalue weighted by atomic mass is 79.9. The first kappa shape index (κ1) is 14.7. The fraction of sp³-hybridized carbons (Fsp3) is 0.143. The number of ether oxygens (including phenoxy) is 2. The molecule has 0 amide bonds. The van der Waals surface area contributed by atoms with Crippen LogP contribution in [0.3, 0.4) is 0 Å². The van der Waals surface area contributed by atoms with Crippen molar-refractivity contribution in [3.63, 3.8) is 0 Å². The minimum Gasteiger partial charge on any atom is -0.497 e. The molecule has 2 rings (SSSR count). The van der Waals surface area contributed by atoms with Crippen molar-refractivity contribution < 1.29 is 9.47 Å². The van der Waals surface area contributed by atoms with Crippen LogP contribution >= 0.6 is 43.5 Å². The molecule has 0 aliphatic rings. The van der Waals surface area contributed by atoms with E-state index in [0.717, 1.165) is 31.8 Å². The van der Waals surface area contributed by atoms with Crippen LogP contribution in [0.15, 0.2) is 45.3 Å². The summed E-state index contributed by atoms with van der Waals surface area (Å²) >= 11 is 12.8. The highest BCUT2D eigenvalue weighted by molar-refractivity contribution is 9.10. The van der Waals surface area contributed by atoms with Crippen LogP contribution < -0.4 is 9.47 Å². The van der Waals surface area contributed by atoms with E-state index in [1.807, 2.05) is 36.4 Å². The van der Waals surface area contributed by atoms with E-state index in [-0.39, 0.29) is 0 Å². The van der Waals surface area contributed by atoms with Crippen molar-refractivity contribution in [1.29, 1.82) is 0 Å². The molecule has 0 fully saturated rings. The number of benzene rings is 2. The molecule has 2 aromatic carbocycles. The maximum Gasteiger partial charge on any atom is 0.141 e. The van der Waals surface area contributed by atoms with Crippen LogP contribution in [0.5, 0.6) is 17.2 Å². The van der Waals surface area contributed by atoms with E-state index in [1.165, 1.54) is 0 Å². The predicted octanol–water partition coefficient (Wildman–Crippen LogP) is 5.75. The molecular formula is C14H11Br2ClO2. The van der Waals surface area contributed by atoms with Gasteiger partial charge in [-0.15, -0.1) is 11.6 Å². The minimum absolute atomic E-state index is 0.391. The van der Waals surface area contributed by atoms with Crippen molar-refractivity contribution in [2.75, 3.05) is 7.11 Å². The van der Waals surface area contributed by atoms with Crippen LogP contribution in [0.1, 0.15) is 5.56 Å². The minimum atomic E-state index is 0.391. The van der Waals surface area contributed by atoms with Gasteiger partial charge in [-0.1, -0.05) is 15.9 Å². The lowest BCUT2D eigenvalue weighted by molar-refractivity contribution is 0.412. The van der Waals surface area contributed by atoms with E-state index in [4.69, 9.17) is 21.1 Å². The zero-order valence-electron chi connectivity index (χ0n) is 10.1. The van der Waals surface area contributed by atoms with E-state index >= 15 is 0 Å². The Bertz CT molecular complexity index is 588. The maximum absolute atomic E-state index is 5.93. The summed E-state index contributed by atoms with van der Waals surface area (Å²) in [6, 6.07) is 11.3. The monoisotopic (exact) mass is 404 g/mol. The van der Waals surface area contributed by atoms with Crippen LogP contribution in [-0.4, -0.2) is 7.11 Å². The quantitative estimate of drug-likeness (QED) is 0.602. The molecule has 0 heterocycles. The van der Waals surface area contributed by atoms with Gasteiger partial charge in [0.05, 0.1) is 17.5 Å². The summed E-state index contributed by atoms with van der Waals surface area (Å²) in [4.78, 5) is 0. The number of hydrogen-bond donors (Lipinski definition) is 0. The highest BCUT2D eigenvalue weighted by Gasteiger charge is 2.08. The third kappa shape index (κ3) is 3.65. The summed E-state index contributed by atoms with van der Waals surface area (Å²) in [5, 5.41) is 0. The van der Waals surface area contributed by atoms with Crippen LogP contribution in [0, 0.1) is 0 Å². The Hall–Kier alpha value is -0.710. The zero-order chi connectivity index (χ0) is 13.8. The average molecular weight is 407 g/mol. The van der Waals surface area contributed by atoms with Gasteiger partial charge >= 0.3 is 0 Å². The topological polar surface area (TPSA) is 18.5 Å². The van der Waals surface area contributed by atoms with Crippen LogP contribution in [-0.2, 0) is 5.88 Å². The second kappa shape index (κ2) is 6.64. The van der Waals surface area contributed by atoms with E-state index in [1.54, 1.807) is 7.11 Å². The van der Waals surface area contributed by atoms with Crippen molar-refractivity contribution in [2.45, 2.75) is 5.88 Å². The fourth-order valence-corrected chi connectivity index (χ4v) is 2.62. The number of alkyl halides is 1. The Morgan fingerprint density at radius 2 is 1.79 bits per heavy atom. The van der Waals surface area contributed by atoms with E-state index in [2.05, 4.69) is 31.9 Å². The lowest BCUT2D eigenvalue weighted by Crippen LogP contribution is -1.91. The van der Waals surface area contributed by atoms with Gasteiger partial charge in [-0.2, -0.15) is 0 Å². The first-order valence-corrected chi connectivity index (χ1v) is 7.62. The number of methoxy groups -OCH3 is 1. The molecule has 0 radical (unpaired) electrons. The smallest absolute Gasteiger partial charge is 0.141 e. The Morgan fingerprint density at radius 3 is 2.42 bits per heavy atom. The van der Waals surface area contributed by atoms with Crippen LogP contribution in [0.4, 0.5) is 0 Å². The molecule has 2 nitrogen and oxygen atoms in total. The highest BCUT2D eigenvalue weighted by Crippen LogP contribution is 2.35. The largest absolute Gasteiger partial charge is 0.497 e. The normalized spacial score (nSPS) is 10.3. The van der Waals surface area contributed by atoms with E-state index in [9.17, 15) is 0 Å². The Morgan fingerprint density at radius 1 is 1.05 bits per heavy atom. The zero-order valence-corrected chi connectivity index (χ0v) is 14.0. The summed E-state index contributed by atoms with van der Waals surface area (Å²) in [6.07, 6.45) is 0. The molecule has 0 unspecified atom stereocenters. The number of hydrogen-bond acceptors (Lipinski definition) is 2. The van der Waals surface area contributed by atoms with Gasteiger partial charge in [-0.05, 0) is 52.3 Å². The van der Waals surface area contributed by atoms with Gasteiger partial charge in [0.2, 0.25) is 0 Å². The SMILES string of the molecule is COc1ccc(Oc2ccc(Br)cc2CCl)c(Br)c1. The first-order chi connectivity index (χ1) is 9.13. The van der Waals surface area contributed by atoms with Gasteiger partial charge in [0, 0.05) is 10.0 Å². The molecule has 19 heavy (non-hydrogen) atoms. The predicted molar refractivity (Wildman–Crippen MR) is 84.5 cm³/mol. The molecule has 0 aromatic heterocycles. The standard InChI is InChI=1S/C14H11Br2ClO2/c1-18-11-3-5-14(12(16)7-11)19-13-4-2-10(15)6-9(13)8-17/h2-7H,8H2,1H3. The Balaban J connectivity index is 2.31. The average Bonchev–Trinajstić information content (AvgIpc) is 2.42. The van der Waals surface area contributed by atoms with Crippen LogP contribution in [0.2, 0.25) is 0 Å². The van der Waals surface area contributed by atoms with E-state index in [0.29, 0.717) is 5.88 Å². The summed E-state index contributed by atoms with van der Waals surface area (Å²) in [6.45, 7) is 0. The third-order valence-corrected chi connectivity index (χ3v) is 3.93. The second-order valence-corrected chi connectivity index (χ2v) is 5.82. The second-order valence-electron chi connectivity index (χ2n) is 3.78. The summed E-state index contributed by atoms with van der Waals surface area (Å²) in [5.74, 6) is 2.62. The van der Waals surface area contributed by atoms with Gasteiger partial charge in [-0.25, -0.2) is 0 Å². The van der Waals surface area contributed by atoms with Gasteiger partial charge in [0.1, 0.15) is 17.2 Å². The molecule has 0 saturated carbocycles.